The Morgan fingerprint density at radius 3 is 2.83 bits per heavy atom. The average molecular weight is 399 g/mol. The minimum Gasteiger partial charge on any atom is -0.478 e. The third kappa shape index (κ3) is 4.42. The third-order valence-corrected chi connectivity index (χ3v) is 3.78. The summed E-state index contributed by atoms with van der Waals surface area (Å²) in [5.41, 5.74) is 0.151. The molecule has 24 heavy (non-hydrogen) atoms. The van der Waals surface area contributed by atoms with Crippen molar-refractivity contribution in [2.45, 2.75) is 13.5 Å². The lowest BCUT2D eigenvalue weighted by atomic mass is 10.3. The predicted molar refractivity (Wildman–Crippen MR) is 90.7 cm³/mol. The van der Waals surface area contributed by atoms with Crippen molar-refractivity contribution < 1.29 is 19.0 Å². The molecule has 0 aliphatic carbocycles. The first-order valence-corrected chi connectivity index (χ1v) is 7.90. The van der Waals surface area contributed by atoms with Crippen LogP contribution >= 0.6 is 15.9 Å². The molecular weight excluding hydrogens is 383 g/mol. The summed E-state index contributed by atoms with van der Waals surface area (Å²) >= 11 is 3.13. The maximum atomic E-state index is 13.7. The van der Waals surface area contributed by atoms with E-state index in [0.717, 1.165) is 0 Å². The van der Waals surface area contributed by atoms with Crippen molar-refractivity contribution in [3.8, 4) is 5.75 Å². The lowest BCUT2D eigenvalue weighted by Gasteiger charge is -2.14. The number of pyridine rings is 1. The van der Waals surface area contributed by atoms with Gasteiger partial charge in [0, 0.05) is 23.3 Å². The first-order valence-electron chi connectivity index (χ1n) is 7.11. The second-order valence-corrected chi connectivity index (χ2v) is 5.89. The van der Waals surface area contributed by atoms with Gasteiger partial charge in [-0.05, 0) is 25.1 Å². The van der Waals surface area contributed by atoms with Crippen LogP contribution < -0.4 is 15.5 Å². The molecule has 1 aromatic carbocycles. The lowest BCUT2D eigenvalue weighted by Crippen LogP contribution is -2.24. The van der Waals surface area contributed by atoms with Gasteiger partial charge in [0.25, 0.3) is 5.91 Å². The van der Waals surface area contributed by atoms with E-state index in [4.69, 9.17) is 9.84 Å². The number of hydrogen-bond acceptors (Lipinski definition) is 4. The van der Waals surface area contributed by atoms with Crippen LogP contribution in [-0.2, 0) is 11.3 Å². The van der Waals surface area contributed by atoms with Gasteiger partial charge in [-0.3, -0.25) is 9.59 Å². The monoisotopic (exact) mass is 398 g/mol. The number of aliphatic hydroxyl groups is 1. The van der Waals surface area contributed by atoms with Crippen molar-refractivity contribution >= 4 is 27.5 Å². The van der Waals surface area contributed by atoms with Gasteiger partial charge in [-0.1, -0.05) is 15.9 Å². The summed E-state index contributed by atoms with van der Waals surface area (Å²) in [4.78, 5) is 23.8. The number of carbonyl (C=O) groups is 1. The van der Waals surface area contributed by atoms with Crippen LogP contribution in [0.25, 0.3) is 0 Å². The summed E-state index contributed by atoms with van der Waals surface area (Å²) in [6.45, 7) is 1.43. The minimum atomic E-state index is -0.590. The molecule has 0 aliphatic heterocycles. The van der Waals surface area contributed by atoms with Crippen LogP contribution in [-0.4, -0.2) is 28.8 Å². The first kappa shape index (κ1) is 18.2. The molecule has 0 atom stereocenters. The number of aliphatic hydroxyl groups excluding tert-OH is 1. The molecule has 1 aromatic heterocycles. The number of halogens is 2. The molecule has 8 heteroatoms. The molecule has 0 unspecified atom stereocenters. The third-order valence-electron chi connectivity index (χ3n) is 3.28. The van der Waals surface area contributed by atoms with Gasteiger partial charge in [0.1, 0.15) is 5.82 Å². The lowest BCUT2D eigenvalue weighted by molar-refractivity contribution is -0.118. The fourth-order valence-electron chi connectivity index (χ4n) is 2.09. The number of ether oxygens (including phenoxy) is 1. The molecule has 2 aromatic rings. The molecule has 0 bridgehead atoms. The first-order chi connectivity index (χ1) is 11.4. The molecule has 0 fully saturated rings. The van der Waals surface area contributed by atoms with Gasteiger partial charge in [-0.15, -0.1) is 0 Å². The Kier molecular flexibility index (Phi) is 6.10. The SMILES string of the molecule is Cc1c(OCC(=O)Nc2ccc(Br)cc2F)c(=O)ccn1CCO. The number of aromatic nitrogens is 1. The molecule has 0 aliphatic rings. The normalized spacial score (nSPS) is 10.5. The highest BCUT2D eigenvalue weighted by Gasteiger charge is 2.12. The van der Waals surface area contributed by atoms with Crippen LogP contribution in [0, 0.1) is 12.7 Å². The van der Waals surface area contributed by atoms with Crippen LogP contribution in [0.3, 0.4) is 0 Å². The summed E-state index contributed by atoms with van der Waals surface area (Å²) in [6, 6.07) is 5.53. The molecule has 1 heterocycles. The molecule has 0 radical (unpaired) electrons. The molecule has 0 saturated heterocycles. The van der Waals surface area contributed by atoms with Crippen molar-refractivity contribution in [2.75, 3.05) is 18.5 Å². The van der Waals surface area contributed by atoms with Gasteiger partial charge >= 0.3 is 0 Å². The van der Waals surface area contributed by atoms with Gasteiger partial charge in [0.05, 0.1) is 18.0 Å². The molecular formula is C16H16BrFN2O4. The molecule has 6 nitrogen and oxygen atoms in total. The van der Waals surface area contributed by atoms with Crippen molar-refractivity contribution in [1.82, 2.24) is 4.57 Å². The summed E-state index contributed by atoms with van der Waals surface area (Å²) in [5.74, 6) is -1.15. The van der Waals surface area contributed by atoms with E-state index in [9.17, 15) is 14.0 Å². The second-order valence-electron chi connectivity index (χ2n) is 4.97. The highest BCUT2D eigenvalue weighted by Crippen LogP contribution is 2.19. The van der Waals surface area contributed by atoms with E-state index in [1.54, 1.807) is 17.6 Å². The van der Waals surface area contributed by atoms with Crippen LogP contribution in [0.5, 0.6) is 5.75 Å². The van der Waals surface area contributed by atoms with E-state index >= 15 is 0 Å². The predicted octanol–water partition coefficient (Wildman–Crippen LogP) is 2.07. The Labute approximate surface area is 146 Å². The van der Waals surface area contributed by atoms with Crippen molar-refractivity contribution in [3.63, 3.8) is 0 Å². The van der Waals surface area contributed by atoms with E-state index < -0.39 is 18.3 Å². The second kappa shape index (κ2) is 8.07. The number of nitrogens with one attached hydrogen (secondary N) is 1. The van der Waals surface area contributed by atoms with Gasteiger partial charge in [0.15, 0.2) is 12.4 Å². The molecule has 128 valence electrons. The quantitative estimate of drug-likeness (QED) is 0.780. The van der Waals surface area contributed by atoms with Gasteiger partial charge in [0.2, 0.25) is 5.43 Å². The Morgan fingerprint density at radius 1 is 1.42 bits per heavy atom. The standard InChI is InChI=1S/C16H16BrFN2O4/c1-10-16(14(22)4-5-20(10)6-7-21)24-9-15(23)19-13-3-2-11(17)8-12(13)18/h2-5,8,21H,6-7,9H2,1H3,(H,19,23). The fourth-order valence-corrected chi connectivity index (χ4v) is 2.43. The Hall–Kier alpha value is -2.19. The van der Waals surface area contributed by atoms with Gasteiger partial charge < -0.3 is 19.7 Å². The zero-order chi connectivity index (χ0) is 17.7. The largest absolute Gasteiger partial charge is 0.478 e. The Morgan fingerprint density at radius 2 is 2.17 bits per heavy atom. The molecule has 0 spiro atoms. The fraction of sp³-hybridized carbons (Fsp3) is 0.250. The van der Waals surface area contributed by atoms with Crippen LogP contribution in [0.1, 0.15) is 5.69 Å². The highest BCUT2D eigenvalue weighted by molar-refractivity contribution is 9.10. The smallest absolute Gasteiger partial charge is 0.262 e. The maximum Gasteiger partial charge on any atom is 0.262 e. The average Bonchev–Trinajstić information content (AvgIpc) is 2.53. The number of anilines is 1. The van der Waals surface area contributed by atoms with E-state index in [2.05, 4.69) is 21.2 Å². The van der Waals surface area contributed by atoms with E-state index in [-0.39, 0.29) is 23.5 Å². The van der Waals surface area contributed by atoms with Crippen molar-refractivity contribution in [1.29, 1.82) is 0 Å². The summed E-state index contributed by atoms with van der Waals surface area (Å²) < 4.78 is 21.2. The highest BCUT2D eigenvalue weighted by atomic mass is 79.9. The van der Waals surface area contributed by atoms with Crippen LogP contribution in [0.15, 0.2) is 39.7 Å². The van der Waals surface area contributed by atoms with E-state index in [0.29, 0.717) is 16.7 Å². The Bertz CT molecular complexity index is 807. The zero-order valence-corrected chi connectivity index (χ0v) is 14.5. The molecule has 2 N–H and O–H groups in total. The van der Waals surface area contributed by atoms with Crippen molar-refractivity contribution in [3.05, 3.63) is 56.7 Å². The van der Waals surface area contributed by atoms with E-state index in [1.165, 1.54) is 24.4 Å². The molecule has 0 saturated carbocycles. The summed E-state index contributed by atoms with van der Waals surface area (Å²) in [6.07, 6.45) is 1.54. The molecule has 1 amide bonds. The number of benzene rings is 1. The van der Waals surface area contributed by atoms with E-state index in [1.807, 2.05) is 0 Å². The zero-order valence-electron chi connectivity index (χ0n) is 12.9. The van der Waals surface area contributed by atoms with Crippen LogP contribution in [0.2, 0.25) is 0 Å². The topological polar surface area (TPSA) is 80.6 Å². The molecule has 2 rings (SSSR count). The Balaban J connectivity index is 2.06. The maximum absolute atomic E-state index is 13.7. The number of amides is 1. The number of hydrogen-bond donors (Lipinski definition) is 2. The van der Waals surface area contributed by atoms with Crippen molar-refractivity contribution in [2.24, 2.45) is 0 Å². The van der Waals surface area contributed by atoms with Crippen LogP contribution in [0.4, 0.5) is 10.1 Å². The number of carbonyl (C=O) groups excluding carboxylic acids is 1. The van der Waals surface area contributed by atoms with Gasteiger partial charge in [-0.2, -0.15) is 0 Å². The summed E-state index contributed by atoms with van der Waals surface area (Å²) in [7, 11) is 0. The summed E-state index contributed by atoms with van der Waals surface area (Å²) in [5, 5.41) is 11.4. The number of nitrogens with zero attached hydrogens (tertiary/aromatic N) is 1. The minimum absolute atomic E-state index is 0.0225. The number of rotatable bonds is 6. The van der Waals surface area contributed by atoms with Gasteiger partial charge in [-0.25, -0.2) is 4.39 Å².